The third kappa shape index (κ3) is 3.47. The molecule has 142 valence electrons. The van der Waals surface area contributed by atoms with Crippen molar-refractivity contribution < 1.29 is 23.8 Å². The van der Waals surface area contributed by atoms with Crippen LogP contribution in [0.1, 0.15) is 11.1 Å². The highest BCUT2D eigenvalue weighted by atomic mass is 16.6. The first-order valence-electron chi connectivity index (χ1n) is 8.61. The highest BCUT2D eigenvalue weighted by molar-refractivity contribution is 6.09. The summed E-state index contributed by atoms with van der Waals surface area (Å²) in [5.74, 6) is 0.769. The van der Waals surface area contributed by atoms with Crippen LogP contribution in [0.2, 0.25) is 0 Å². The van der Waals surface area contributed by atoms with Crippen molar-refractivity contribution in [3.63, 3.8) is 0 Å². The van der Waals surface area contributed by atoms with E-state index in [0.29, 0.717) is 28.4 Å². The molecule has 0 radical (unpaired) electrons. The lowest BCUT2D eigenvalue weighted by Gasteiger charge is -2.13. The number of carbonyl (C=O) groups excluding carboxylic acids is 2. The van der Waals surface area contributed by atoms with E-state index in [1.807, 2.05) is 29.6 Å². The zero-order chi connectivity index (χ0) is 20.4. The number of nitrogens with one attached hydrogen (secondary N) is 1. The summed E-state index contributed by atoms with van der Waals surface area (Å²) in [4.78, 5) is 22.8. The van der Waals surface area contributed by atoms with E-state index in [-0.39, 0.29) is 5.76 Å². The largest absolute Gasteiger partial charge is 0.493 e. The van der Waals surface area contributed by atoms with E-state index in [4.69, 9.17) is 14.2 Å². The summed E-state index contributed by atoms with van der Waals surface area (Å²) in [6.07, 6.45) is 0.629. The molecule has 0 atom stereocenters. The maximum Gasteiger partial charge on any atom is 0.419 e. The summed E-state index contributed by atoms with van der Waals surface area (Å²) in [7, 11) is 1.50. The summed E-state index contributed by atoms with van der Waals surface area (Å²) >= 11 is 0. The topological polar surface area (TPSA) is 97.7 Å². The fraction of sp³-hybridized carbons (Fsp3) is 0.0455. The summed E-state index contributed by atoms with van der Waals surface area (Å²) in [5.41, 5.74) is 1.16. The monoisotopic (exact) mass is 386 g/mol. The number of amides is 2. The number of ether oxygens (including phenoxy) is 3. The molecule has 1 aliphatic heterocycles. The average Bonchev–Trinajstić information content (AvgIpc) is 3.05. The van der Waals surface area contributed by atoms with Gasteiger partial charge in [-0.15, -0.1) is 0 Å². The lowest BCUT2D eigenvalue weighted by Crippen LogP contribution is -2.18. The molecule has 4 rings (SSSR count). The Morgan fingerprint density at radius 1 is 1.00 bits per heavy atom. The van der Waals surface area contributed by atoms with E-state index in [9.17, 15) is 14.9 Å². The van der Waals surface area contributed by atoms with Gasteiger partial charge >= 0.3 is 6.09 Å². The Balaban J connectivity index is 1.69. The van der Waals surface area contributed by atoms with Gasteiger partial charge in [0.1, 0.15) is 5.75 Å². The first-order valence-corrected chi connectivity index (χ1v) is 8.61. The molecule has 7 nitrogen and oxygen atoms in total. The van der Waals surface area contributed by atoms with Gasteiger partial charge in [-0.2, -0.15) is 5.26 Å². The molecule has 1 heterocycles. The number of rotatable bonds is 4. The smallest absolute Gasteiger partial charge is 0.419 e. The first kappa shape index (κ1) is 18.1. The molecule has 29 heavy (non-hydrogen) atoms. The van der Waals surface area contributed by atoms with E-state index in [1.54, 1.807) is 30.3 Å². The van der Waals surface area contributed by atoms with E-state index in [1.165, 1.54) is 13.2 Å². The fourth-order valence-electron chi connectivity index (χ4n) is 3.01. The van der Waals surface area contributed by atoms with Crippen LogP contribution in [0.15, 0.2) is 60.4 Å². The van der Waals surface area contributed by atoms with Crippen molar-refractivity contribution in [1.29, 1.82) is 5.26 Å². The molecule has 1 aliphatic rings. The van der Waals surface area contributed by atoms with E-state index in [0.717, 1.165) is 10.8 Å². The van der Waals surface area contributed by atoms with Gasteiger partial charge in [0.25, 0.3) is 5.91 Å². The van der Waals surface area contributed by atoms with E-state index in [2.05, 4.69) is 6.07 Å². The Hall–Kier alpha value is -4.31. The average molecular weight is 386 g/mol. The summed E-state index contributed by atoms with van der Waals surface area (Å²) < 4.78 is 16.3. The second kappa shape index (κ2) is 7.37. The van der Waals surface area contributed by atoms with Gasteiger partial charge in [-0.25, -0.2) is 4.79 Å². The second-order valence-electron chi connectivity index (χ2n) is 6.13. The standard InChI is InChI=1S/C22H14N2O5/c1-27-19-10-13(11-20-21(25)24-22(26)29-20)6-8-18(19)28-17-9-7-14(12-23)15-4-2-3-5-16(15)17/h2-11H,1H3,(H,24,25,26)/b20-11-. The van der Waals surface area contributed by atoms with Gasteiger partial charge in [0, 0.05) is 10.8 Å². The predicted molar refractivity (Wildman–Crippen MR) is 104 cm³/mol. The number of fused-ring (bicyclic) bond motifs is 1. The Morgan fingerprint density at radius 3 is 2.45 bits per heavy atom. The molecule has 2 amide bonds. The van der Waals surface area contributed by atoms with Crippen molar-refractivity contribution in [2.75, 3.05) is 7.11 Å². The minimum atomic E-state index is -0.805. The number of benzene rings is 3. The van der Waals surface area contributed by atoms with Crippen molar-refractivity contribution in [2.45, 2.75) is 0 Å². The number of nitrogens with zero attached hydrogens (tertiary/aromatic N) is 1. The zero-order valence-electron chi connectivity index (χ0n) is 15.3. The van der Waals surface area contributed by atoms with Gasteiger partial charge in [-0.1, -0.05) is 30.3 Å². The van der Waals surface area contributed by atoms with Crippen molar-refractivity contribution in [1.82, 2.24) is 5.32 Å². The number of hydrogen-bond donors (Lipinski definition) is 1. The Bertz CT molecular complexity index is 1220. The summed E-state index contributed by atoms with van der Waals surface area (Å²) in [6, 6.07) is 18.1. The van der Waals surface area contributed by atoms with Crippen LogP contribution in [-0.4, -0.2) is 19.1 Å². The molecule has 0 unspecified atom stereocenters. The molecular formula is C22H14N2O5. The molecule has 0 aromatic heterocycles. The molecule has 0 spiro atoms. The van der Waals surface area contributed by atoms with Crippen molar-refractivity contribution >= 4 is 28.8 Å². The van der Waals surface area contributed by atoms with Gasteiger partial charge in [0.05, 0.1) is 18.7 Å². The highest BCUT2D eigenvalue weighted by Gasteiger charge is 2.26. The van der Waals surface area contributed by atoms with Crippen LogP contribution in [0.25, 0.3) is 16.8 Å². The molecule has 1 saturated heterocycles. The maximum absolute atomic E-state index is 11.6. The summed E-state index contributed by atoms with van der Waals surface area (Å²) in [6.45, 7) is 0. The number of carbonyl (C=O) groups is 2. The number of imide groups is 1. The number of nitriles is 1. The fourth-order valence-corrected chi connectivity index (χ4v) is 3.01. The Labute approximate surface area is 165 Å². The molecule has 7 heteroatoms. The maximum atomic E-state index is 11.6. The molecule has 0 bridgehead atoms. The Morgan fingerprint density at radius 2 is 1.76 bits per heavy atom. The number of alkyl carbamates (subject to hydrolysis) is 1. The molecule has 0 saturated carbocycles. The first-order chi connectivity index (χ1) is 14.1. The van der Waals surface area contributed by atoms with E-state index < -0.39 is 12.0 Å². The number of cyclic esters (lactones) is 1. The van der Waals surface area contributed by atoms with Crippen LogP contribution in [0, 0.1) is 11.3 Å². The van der Waals surface area contributed by atoms with Crippen LogP contribution in [0.4, 0.5) is 4.79 Å². The van der Waals surface area contributed by atoms with Crippen molar-refractivity contribution in [3.05, 3.63) is 71.5 Å². The van der Waals surface area contributed by atoms with Gasteiger partial charge in [-0.05, 0) is 35.9 Å². The van der Waals surface area contributed by atoms with Gasteiger partial charge < -0.3 is 14.2 Å². The summed E-state index contributed by atoms with van der Waals surface area (Å²) in [5, 5.41) is 12.9. The van der Waals surface area contributed by atoms with Crippen molar-refractivity contribution in [3.8, 4) is 23.3 Å². The highest BCUT2D eigenvalue weighted by Crippen LogP contribution is 2.37. The molecule has 0 aliphatic carbocycles. The van der Waals surface area contributed by atoms with Gasteiger partial charge in [-0.3, -0.25) is 10.1 Å². The van der Waals surface area contributed by atoms with Crippen LogP contribution < -0.4 is 14.8 Å². The van der Waals surface area contributed by atoms with Gasteiger partial charge in [0.2, 0.25) is 0 Å². The zero-order valence-corrected chi connectivity index (χ0v) is 15.3. The predicted octanol–water partition coefficient (Wildman–Crippen LogP) is 4.12. The van der Waals surface area contributed by atoms with Crippen LogP contribution >= 0.6 is 0 Å². The molecule has 3 aromatic carbocycles. The van der Waals surface area contributed by atoms with Crippen LogP contribution in [0.3, 0.4) is 0 Å². The minimum absolute atomic E-state index is 0.0937. The second-order valence-corrected chi connectivity index (χ2v) is 6.13. The Kier molecular flexibility index (Phi) is 4.59. The quantitative estimate of drug-likeness (QED) is 0.678. The normalized spacial score (nSPS) is 14.4. The molecule has 3 aromatic rings. The van der Waals surface area contributed by atoms with Crippen LogP contribution in [0.5, 0.6) is 17.2 Å². The van der Waals surface area contributed by atoms with Crippen LogP contribution in [-0.2, 0) is 9.53 Å². The third-order valence-corrected chi connectivity index (χ3v) is 4.35. The third-order valence-electron chi connectivity index (χ3n) is 4.35. The van der Waals surface area contributed by atoms with E-state index >= 15 is 0 Å². The number of hydrogen-bond acceptors (Lipinski definition) is 6. The molecule has 1 N–H and O–H groups in total. The number of methoxy groups -OCH3 is 1. The lowest BCUT2D eigenvalue weighted by molar-refractivity contribution is -0.116. The lowest BCUT2D eigenvalue weighted by atomic mass is 10.0. The molecular weight excluding hydrogens is 372 g/mol. The van der Waals surface area contributed by atoms with Crippen molar-refractivity contribution in [2.24, 2.45) is 0 Å². The van der Waals surface area contributed by atoms with Gasteiger partial charge in [0.15, 0.2) is 17.3 Å². The molecule has 1 fully saturated rings. The minimum Gasteiger partial charge on any atom is -0.493 e. The SMILES string of the molecule is COc1cc(/C=C2\OC(=O)NC2=O)ccc1Oc1ccc(C#N)c2ccccc12.